The van der Waals surface area contributed by atoms with E-state index in [-0.39, 0.29) is 12.3 Å². The number of aryl methyl sites for hydroxylation is 1. The molecule has 2 fully saturated rings. The van der Waals surface area contributed by atoms with E-state index < -0.39 is 12.0 Å². The lowest BCUT2D eigenvalue weighted by molar-refractivity contribution is 0.0660. The Hall–Kier alpha value is -2.44. The molecule has 1 saturated heterocycles. The molecule has 138 valence electrons. The van der Waals surface area contributed by atoms with Crippen molar-refractivity contribution in [2.45, 2.75) is 44.3 Å². The minimum absolute atomic E-state index is 0.0332. The summed E-state index contributed by atoms with van der Waals surface area (Å²) in [6, 6.07) is 6.83. The Labute approximate surface area is 150 Å². The Balaban J connectivity index is 1.34. The lowest BCUT2D eigenvalue weighted by Crippen LogP contribution is -2.39. The monoisotopic (exact) mass is 361 g/mol. The van der Waals surface area contributed by atoms with Crippen molar-refractivity contribution in [1.29, 1.82) is 0 Å². The highest BCUT2D eigenvalue weighted by Gasteiger charge is 2.59. The van der Waals surface area contributed by atoms with E-state index in [1.165, 1.54) is 0 Å². The van der Waals surface area contributed by atoms with Gasteiger partial charge in [-0.1, -0.05) is 0 Å². The summed E-state index contributed by atoms with van der Waals surface area (Å²) in [6.45, 7) is 3.41. The van der Waals surface area contributed by atoms with Crippen LogP contribution < -0.4 is 4.74 Å². The molecule has 1 unspecified atom stereocenters. The van der Waals surface area contributed by atoms with Crippen LogP contribution in [0.4, 0.5) is 8.78 Å². The van der Waals surface area contributed by atoms with Gasteiger partial charge in [-0.25, -0.2) is 13.8 Å². The van der Waals surface area contributed by atoms with Gasteiger partial charge in [0.05, 0.1) is 12.7 Å². The van der Waals surface area contributed by atoms with Crippen molar-refractivity contribution in [2.24, 2.45) is 0 Å². The van der Waals surface area contributed by atoms with Crippen LogP contribution in [-0.2, 0) is 0 Å². The number of rotatable bonds is 4. The number of likely N-dealkylation sites (tertiary alicyclic amines) is 1. The normalized spacial score (nSPS) is 22.3. The first-order valence-electron chi connectivity index (χ1n) is 8.86. The third-order valence-electron chi connectivity index (χ3n) is 5.15. The fourth-order valence-electron chi connectivity index (χ4n) is 3.44. The number of carbonyl (C=O) groups is 1. The van der Waals surface area contributed by atoms with Crippen LogP contribution in [0.25, 0.3) is 0 Å². The van der Waals surface area contributed by atoms with Gasteiger partial charge in [0.1, 0.15) is 5.75 Å². The molecule has 1 atom stereocenters. The van der Waals surface area contributed by atoms with Crippen LogP contribution in [0, 0.1) is 6.92 Å². The fraction of sp³-hybridized carbons (Fsp3) is 0.474. The smallest absolute Gasteiger partial charge is 0.288 e. The lowest BCUT2D eigenvalue weighted by Gasteiger charge is -2.33. The number of hydrogen-bond donors (Lipinski definition) is 0. The van der Waals surface area contributed by atoms with Gasteiger partial charge in [0.15, 0.2) is 6.10 Å². The molecule has 1 saturated carbocycles. The Kier molecular flexibility index (Phi) is 4.17. The van der Waals surface area contributed by atoms with Crippen molar-refractivity contribution in [3.05, 3.63) is 48.0 Å². The molecule has 5 nitrogen and oxygen atoms in total. The van der Waals surface area contributed by atoms with Crippen LogP contribution in [0.1, 0.15) is 41.4 Å². The molecule has 0 N–H and O–H groups in total. The summed E-state index contributed by atoms with van der Waals surface area (Å²) in [4.78, 5) is 18.7. The minimum atomic E-state index is -2.72. The van der Waals surface area contributed by atoms with Crippen molar-refractivity contribution in [3.63, 3.8) is 0 Å². The predicted octanol–water partition coefficient (Wildman–Crippen LogP) is 3.46. The van der Waals surface area contributed by atoms with Gasteiger partial charge < -0.3 is 14.2 Å². The first-order valence-corrected chi connectivity index (χ1v) is 8.86. The third-order valence-corrected chi connectivity index (χ3v) is 5.15. The van der Waals surface area contributed by atoms with Gasteiger partial charge in [-0.15, -0.1) is 0 Å². The molecular weight excluding hydrogens is 340 g/mol. The predicted molar refractivity (Wildman–Crippen MR) is 91.6 cm³/mol. The molecule has 4 rings (SSSR count). The molecule has 2 heterocycles. The topological polar surface area (TPSA) is 47.4 Å². The number of piperidine rings is 1. The van der Waals surface area contributed by atoms with Gasteiger partial charge in [0.25, 0.3) is 11.8 Å². The fourth-order valence-corrected chi connectivity index (χ4v) is 3.44. The molecule has 2 aromatic rings. The molecule has 0 spiro atoms. The second-order valence-electron chi connectivity index (χ2n) is 7.06. The molecule has 7 heteroatoms. The zero-order valence-corrected chi connectivity index (χ0v) is 14.6. The van der Waals surface area contributed by atoms with E-state index in [4.69, 9.17) is 4.74 Å². The summed E-state index contributed by atoms with van der Waals surface area (Å²) in [5, 5.41) is 0. The molecule has 1 aliphatic heterocycles. The van der Waals surface area contributed by atoms with Crippen LogP contribution in [0.3, 0.4) is 0 Å². The number of amides is 1. The quantitative estimate of drug-likeness (QED) is 0.838. The zero-order chi connectivity index (χ0) is 18.3. The maximum absolute atomic E-state index is 12.9. The maximum Gasteiger partial charge on any atom is 0.288 e. The van der Waals surface area contributed by atoms with Crippen molar-refractivity contribution in [1.82, 2.24) is 14.5 Å². The average Bonchev–Trinajstić information content (AvgIpc) is 3.02. The van der Waals surface area contributed by atoms with Crippen LogP contribution in [0.15, 0.2) is 36.8 Å². The summed E-state index contributed by atoms with van der Waals surface area (Å²) in [5.41, 5.74) is 1.68. The Morgan fingerprint density at radius 1 is 1.23 bits per heavy atom. The number of halogens is 2. The number of imidazole rings is 1. The number of benzene rings is 1. The van der Waals surface area contributed by atoms with Crippen molar-refractivity contribution >= 4 is 5.91 Å². The maximum atomic E-state index is 12.9. The van der Waals surface area contributed by atoms with E-state index in [2.05, 4.69) is 9.55 Å². The average molecular weight is 361 g/mol. The van der Waals surface area contributed by atoms with Gasteiger partial charge in [0, 0.05) is 36.6 Å². The minimum Gasteiger partial charge on any atom is -0.484 e. The molecule has 1 aromatic heterocycles. The van der Waals surface area contributed by atoms with Crippen LogP contribution in [0.2, 0.25) is 0 Å². The first-order chi connectivity index (χ1) is 12.4. The van der Waals surface area contributed by atoms with Crippen molar-refractivity contribution < 1.29 is 18.3 Å². The van der Waals surface area contributed by atoms with E-state index in [1.54, 1.807) is 24.3 Å². The molecule has 1 amide bonds. The Morgan fingerprint density at radius 3 is 2.42 bits per heavy atom. The number of aromatic nitrogens is 2. The number of carbonyl (C=O) groups excluding carboxylic acids is 1. The molecule has 0 bridgehead atoms. The van der Waals surface area contributed by atoms with E-state index in [9.17, 15) is 13.6 Å². The van der Waals surface area contributed by atoms with Gasteiger partial charge in [-0.3, -0.25) is 4.79 Å². The largest absolute Gasteiger partial charge is 0.484 e. The standard InChI is InChI=1S/C19H21F2N3O2/c1-13-11-22-12-24(13)15-6-8-23(9-7-15)18(25)14-2-4-16(5-3-14)26-17-10-19(17,20)21/h2-5,11-12,15,17H,6-10H2,1H3. The summed E-state index contributed by atoms with van der Waals surface area (Å²) < 4.78 is 33.2. The molecule has 1 aromatic carbocycles. The molecular formula is C19H21F2N3O2. The summed E-state index contributed by atoms with van der Waals surface area (Å²) in [7, 11) is 0. The number of ether oxygens (including phenoxy) is 1. The third kappa shape index (κ3) is 3.30. The molecule has 0 radical (unpaired) electrons. The van der Waals surface area contributed by atoms with Crippen molar-refractivity contribution in [3.8, 4) is 5.75 Å². The zero-order valence-electron chi connectivity index (χ0n) is 14.6. The molecule has 1 aliphatic carbocycles. The second kappa shape index (κ2) is 6.37. The van der Waals surface area contributed by atoms with Gasteiger partial charge in [-0.05, 0) is 44.0 Å². The summed E-state index contributed by atoms with van der Waals surface area (Å²) in [6.07, 6.45) is 4.20. The SMILES string of the molecule is Cc1cncn1C1CCN(C(=O)c2ccc(OC3CC3(F)F)cc2)CC1. The van der Waals surface area contributed by atoms with Gasteiger partial charge in [0.2, 0.25) is 0 Å². The Bertz CT molecular complexity index is 795. The highest BCUT2D eigenvalue weighted by molar-refractivity contribution is 5.94. The summed E-state index contributed by atoms with van der Waals surface area (Å²) >= 11 is 0. The number of nitrogens with zero attached hydrogens (tertiary/aromatic N) is 3. The van der Waals surface area contributed by atoms with E-state index in [1.807, 2.05) is 24.3 Å². The lowest BCUT2D eigenvalue weighted by atomic mass is 10.0. The van der Waals surface area contributed by atoms with Crippen molar-refractivity contribution in [2.75, 3.05) is 13.1 Å². The highest BCUT2D eigenvalue weighted by Crippen LogP contribution is 2.44. The van der Waals surface area contributed by atoms with Crippen LogP contribution >= 0.6 is 0 Å². The Morgan fingerprint density at radius 2 is 1.88 bits per heavy atom. The number of hydrogen-bond acceptors (Lipinski definition) is 3. The molecule has 26 heavy (non-hydrogen) atoms. The first kappa shape index (κ1) is 17.0. The van der Waals surface area contributed by atoms with Crippen LogP contribution in [0.5, 0.6) is 5.75 Å². The summed E-state index contributed by atoms with van der Waals surface area (Å²) in [5.74, 6) is -2.38. The highest BCUT2D eigenvalue weighted by atomic mass is 19.3. The van der Waals surface area contributed by atoms with Crippen LogP contribution in [-0.4, -0.2) is 45.5 Å². The van der Waals surface area contributed by atoms with E-state index in [0.29, 0.717) is 30.4 Å². The number of alkyl halides is 2. The van der Waals surface area contributed by atoms with Gasteiger partial charge in [-0.2, -0.15) is 0 Å². The molecule has 2 aliphatic rings. The van der Waals surface area contributed by atoms with Gasteiger partial charge >= 0.3 is 0 Å². The second-order valence-corrected chi connectivity index (χ2v) is 7.06. The van der Waals surface area contributed by atoms with E-state index >= 15 is 0 Å². The van der Waals surface area contributed by atoms with E-state index in [0.717, 1.165) is 18.5 Å².